The van der Waals surface area contributed by atoms with E-state index >= 15 is 0 Å². The van der Waals surface area contributed by atoms with Gasteiger partial charge in [-0.15, -0.1) is 0 Å². The van der Waals surface area contributed by atoms with E-state index in [4.69, 9.17) is 13.2 Å². The van der Waals surface area contributed by atoms with Crippen LogP contribution in [0, 0.1) is 17.2 Å². The van der Waals surface area contributed by atoms with Crippen LogP contribution < -0.4 is 0 Å². The fourth-order valence-electron chi connectivity index (χ4n) is 1.12. The summed E-state index contributed by atoms with van der Waals surface area (Å²) in [5.74, 6) is -0.0693. The molecule has 0 aromatic carbocycles. The van der Waals surface area contributed by atoms with E-state index in [-0.39, 0.29) is 12.0 Å². The van der Waals surface area contributed by atoms with Crippen LogP contribution in [-0.4, -0.2) is 31.7 Å². The number of carbonyl (C=O) groups is 1. The molecule has 1 aliphatic heterocycles. The van der Waals surface area contributed by atoms with Crippen molar-refractivity contribution in [3.63, 3.8) is 0 Å². The monoisotopic (exact) mass is 134 g/mol. The number of hydrogen-bond acceptors (Lipinski definition) is 3. The zero-order chi connectivity index (χ0) is 7.56. The van der Waals surface area contributed by atoms with Gasteiger partial charge in [0, 0.05) is 6.54 Å². The molecule has 0 bridgehead atoms. The summed E-state index contributed by atoms with van der Waals surface area (Å²) in [6.45, 7) is 0.514. The van der Waals surface area contributed by atoms with Gasteiger partial charge in [0.15, 0.2) is 7.98 Å². The van der Waals surface area contributed by atoms with Gasteiger partial charge in [0.1, 0.15) is 6.29 Å². The Bertz CT molecular complexity index is 177. The van der Waals surface area contributed by atoms with E-state index in [0.717, 1.165) is 6.29 Å². The Morgan fingerprint density at radius 2 is 2.50 bits per heavy atom. The molecule has 2 radical (unpaired) electrons. The normalized spacial score (nSPS) is 33.5. The Hall–Kier alpha value is -0.815. The molecule has 0 N–H and O–H groups in total. The molecule has 0 amide bonds. The van der Waals surface area contributed by atoms with Gasteiger partial charge in [-0.1, -0.05) is 0 Å². The number of nitriles is 1. The Morgan fingerprint density at radius 1 is 1.80 bits per heavy atom. The van der Waals surface area contributed by atoms with Gasteiger partial charge in [0.05, 0.1) is 18.0 Å². The third kappa shape index (κ3) is 1.19. The van der Waals surface area contributed by atoms with E-state index in [1.165, 1.54) is 4.81 Å². The van der Waals surface area contributed by atoms with Crippen molar-refractivity contribution in [2.75, 3.05) is 6.54 Å². The molecule has 1 saturated heterocycles. The Labute approximate surface area is 61.0 Å². The lowest BCUT2D eigenvalue weighted by molar-refractivity contribution is -0.110. The highest BCUT2D eigenvalue weighted by Gasteiger charge is 2.27. The zero-order valence-electron chi connectivity index (χ0n) is 5.53. The minimum absolute atomic E-state index is 0.0693. The molecule has 10 heavy (non-hydrogen) atoms. The molecule has 2 atom stereocenters. The van der Waals surface area contributed by atoms with Crippen molar-refractivity contribution in [3.05, 3.63) is 0 Å². The molecule has 3 nitrogen and oxygen atoms in total. The first-order valence-electron chi connectivity index (χ1n) is 3.14. The summed E-state index contributed by atoms with van der Waals surface area (Å²) >= 11 is 0. The minimum Gasteiger partial charge on any atom is -0.344 e. The van der Waals surface area contributed by atoms with E-state index < -0.39 is 0 Å². The number of hydrogen-bond donors (Lipinski definition) is 0. The fraction of sp³-hybridized carbons (Fsp3) is 0.667. The van der Waals surface area contributed by atoms with E-state index in [9.17, 15) is 4.79 Å². The van der Waals surface area contributed by atoms with Crippen molar-refractivity contribution in [2.45, 2.75) is 12.5 Å². The van der Waals surface area contributed by atoms with Crippen LogP contribution in [0.5, 0.6) is 0 Å². The highest BCUT2D eigenvalue weighted by atomic mass is 16.1. The summed E-state index contributed by atoms with van der Waals surface area (Å²) in [5.41, 5.74) is 0. The number of nitrogens with zero attached hydrogens (tertiary/aromatic N) is 2. The Kier molecular flexibility index (Phi) is 2.08. The summed E-state index contributed by atoms with van der Waals surface area (Å²) in [5, 5.41) is 8.45. The lowest BCUT2D eigenvalue weighted by Crippen LogP contribution is -2.27. The van der Waals surface area contributed by atoms with Gasteiger partial charge in [-0.2, -0.15) is 5.26 Å². The van der Waals surface area contributed by atoms with Gasteiger partial charge >= 0.3 is 0 Å². The smallest absolute Gasteiger partial charge is 0.183 e. The maximum atomic E-state index is 10.2. The standard InChI is InChI=1S/C6H7BN2O/c7-9-3-5(2-8)1-6(9)4-10/h4-6H,1,3H2. The summed E-state index contributed by atoms with van der Waals surface area (Å²) in [6.07, 6.45) is 1.37. The minimum atomic E-state index is -0.246. The SMILES string of the molecule is [B]N1CC(C#N)CC1C=O. The largest absolute Gasteiger partial charge is 0.344 e. The van der Waals surface area contributed by atoms with Gasteiger partial charge in [0.25, 0.3) is 0 Å². The molecule has 4 heteroatoms. The molecule has 1 fully saturated rings. The van der Waals surface area contributed by atoms with Crippen molar-refractivity contribution in [1.82, 2.24) is 4.81 Å². The van der Waals surface area contributed by atoms with Crippen molar-refractivity contribution in [3.8, 4) is 6.07 Å². The van der Waals surface area contributed by atoms with Crippen LogP contribution in [0.1, 0.15) is 6.42 Å². The van der Waals surface area contributed by atoms with E-state index in [1.54, 1.807) is 0 Å². The second kappa shape index (κ2) is 2.85. The third-order valence-corrected chi connectivity index (χ3v) is 1.72. The Balaban J connectivity index is 2.53. The topological polar surface area (TPSA) is 44.1 Å². The highest BCUT2D eigenvalue weighted by molar-refractivity contribution is 6.06. The maximum absolute atomic E-state index is 10.2. The summed E-state index contributed by atoms with van der Waals surface area (Å²) in [4.78, 5) is 11.7. The first-order chi connectivity index (χ1) is 4.77. The van der Waals surface area contributed by atoms with Crippen LogP contribution in [0.3, 0.4) is 0 Å². The lowest BCUT2D eigenvalue weighted by atomic mass is 10.1. The molecule has 1 heterocycles. The summed E-state index contributed by atoms with van der Waals surface area (Å²) in [6, 6.07) is 1.83. The van der Waals surface area contributed by atoms with Gasteiger partial charge in [0.2, 0.25) is 0 Å². The highest BCUT2D eigenvalue weighted by Crippen LogP contribution is 2.18. The predicted molar refractivity (Wildman–Crippen MR) is 36.0 cm³/mol. The number of carbonyl (C=O) groups excluding carboxylic acids is 1. The van der Waals surface area contributed by atoms with Gasteiger partial charge < -0.3 is 9.61 Å². The molecule has 0 aliphatic carbocycles. The van der Waals surface area contributed by atoms with Crippen LogP contribution in [0.4, 0.5) is 0 Å². The van der Waals surface area contributed by atoms with E-state index in [2.05, 4.69) is 6.07 Å². The van der Waals surface area contributed by atoms with Crippen LogP contribution in [0.25, 0.3) is 0 Å². The van der Waals surface area contributed by atoms with Crippen molar-refractivity contribution in [2.24, 2.45) is 5.92 Å². The van der Waals surface area contributed by atoms with Crippen LogP contribution >= 0.6 is 0 Å². The average Bonchev–Trinajstić information content (AvgIpc) is 2.30. The molecular formula is C6H7BN2O. The maximum Gasteiger partial charge on any atom is 0.183 e. The molecule has 0 saturated carbocycles. The van der Waals surface area contributed by atoms with Crippen molar-refractivity contribution >= 4 is 14.3 Å². The Morgan fingerprint density at radius 3 is 2.80 bits per heavy atom. The number of rotatable bonds is 1. The molecule has 50 valence electrons. The van der Waals surface area contributed by atoms with Crippen molar-refractivity contribution in [1.29, 1.82) is 5.26 Å². The van der Waals surface area contributed by atoms with Crippen molar-refractivity contribution < 1.29 is 4.79 Å². The quantitative estimate of drug-likeness (QED) is 0.358. The molecule has 0 spiro atoms. The fourth-order valence-corrected chi connectivity index (χ4v) is 1.12. The first kappa shape index (κ1) is 7.29. The molecule has 1 aliphatic rings. The van der Waals surface area contributed by atoms with Crippen LogP contribution in [0.15, 0.2) is 0 Å². The predicted octanol–water partition coefficient (Wildman–Crippen LogP) is -0.517. The lowest BCUT2D eigenvalue weighted by Gasteiger charge is -2.11. The zero-order valence-corrected chi connectivity index (χ0v) is 5.53. The molecule has 0 aromatic rings. The van der Waals surface area contributed by atoms with Gasteiger partial charge in [-0.25, -0.2) is 0 Å². The number of aldehydes is 1. The molecule has 1 rings (SSSR count). The first-order valence-corrected chi connectivity index (χ1v) is 3.14. The second-order valence-corrected chi connectivity index (χ2v) is 2.46. The molecular weight excluding hydrogens is 127 g/mol. The van der Waals surface area contributed by atoms with Crippen LogP contribution in [-0.2, 0) is 4.79 Å². The van der Waals surface area contributed by atoms with Crippen LogP contribution in [0.2, 0.25) is 0 Å². The summed E-state index contributed by atoms with van der Waals surface area (Å²) < 4.78 is 0. The molecule has 2 unspecified atom stereocenters. The average molecular weight is 134 g/mol. The van der Waals surface area contributed by atoms with E-state index in [1.807, 2.05) is 0 Å². The molecule has 0 aromatic heterocycles. The van der Waals surface area contributed by atoms with E-state index in [0.29, 0.717) is 13.0 Å². The van der Waals surface area contributed by atoms with Gasteiger partial charge in [-0.3, -0.25) is 0 Å². The second-order valence-electron chi connectivity index (χ2n) is 2.46. The van der Waals surface area contributed by atoms with Gasteiger partial charge in [-0.05, 0) is 6.42 Å². The third-order valence-electron chi connectivity index (χ3n) is 1.72. The summed E-state index contributed by atoms with van der Waals surface area (Å²) in [7, 11) is 5.41.